The van der Waals surface area contributed by atoms with E-state index < -0.39 is 6.09 Å². The molecule has 1 fully saturated rings. The number of benzene rings is 2. The lowest BCUT2D eigenvalue weighted by Crippen LogP contribution is -2.29. The molecule has 2 atom stereocenters. The van der Waals surface area contributed by atoms with Crippen molar-refractivity contribution in [3.05, 3.63) is 76.1 Å². The number of anilines is 2. The summed E-state index contributed by atoms with van der Waals surface area (Å²) in [7, 11) is 0. The summed E-state index contributed by atoms with van der Waals surface area (Å²) in [6.45, 7) is 3.14. The summed E-state index contributed by atoms with van der Waals surface area (Å²) < 4.78 is 25.4. The normalized spacial score (nSPS) is 16.4. The summed E-state index contributed by atoms with van der Waals surface area (Å²) in [6, 6.07) is 13.4. The van der Waals surface area contributed by atoms with Crippen LogP contribution in [0.4, 0.5) is 20.7 Å². The number of nitrogens with one attached hydrogen (secondary N) is 3. The molecule has 8 nitrogen and oxygen atoms in total. The molecule has 0 radical (unpaired) electrons. The maximum Gasteiger partial charge on any atom is 0.407 e. The summed E-state index contributed by atoms with van der Waals surface area (Å²) in [5, 5.41) is 9.62. The Morgan fingerprint density at radius 2 is 2.15 bits per heavy atom. The minimum absolute atomic E-state index is 0.0675. The van der Waals surface area contributed by atoms with E-state index in [1.807, 2.05) is 19.1 Å². The topological polar surface area (TPSA) is 97.4 Å². The molecule has 39 heavy (non-hydrogen) atoms. The minimum Gasteiger partial charge on any atom is -0.487 e. The lowest BCUT2D eigenvalue weighted by atomic mass is 10.2. The molecule has 1 amide bonds. The van der Waals surface area contributed by atoms with Crippen LogP contribution >= 0.6 is 22.9 Å². The molecule has 3 N–H and O–H groups in total. The number of aromatic nitrogens is 2. The van der Waals surface area contributed by atoms with Crippen LogP contribution in [-0.2, 0) is 11.3 Å². The van der Waals surface area contributed by atoms with Crippen molar-refractivity contribution in [2.45, 2.75) is 32.1 Å². The number of amides is 1. The number of carbonyl (C=O) groups excluding carboxylic acids is 1. The molecule has 1 aliphatic heterocycles. The third kappa shape index (κ3) is 6.95. The zero-order valence-electron chi connectivity index (χ0n) is 21.0. The van der Waals surface area contributed by atoms with E-state index in [0.29, 0.717) is 41.7 Å². The zero-order valence-corrected chi connectivity index (χ0v) is 22.5. The van der Waals surface area contributed by atoms with E-state index in [0.717, 1.165) is 20.8 Å². The lowest BCUT2D eigenvalue weighted by molar-refractivity contribution is 0.107. The van der Waals surface area contributed by atoms with Crippen LogP contribution in [0.3, 0.4) is 0 Å². The molecule has 1 aliphatic rings. The van der Waals surface area contributed by atoms with E-state index in [4.69, 9.17) is 21.1 Å². The largest absolute Gasteiger partial charge is 0.487 e. The Kier molecular flexibility index (Phi) is 8.42. The molecular formula is C28H25ClFN5O3S. The van der Waals surface area contributed by atoms with Gasteiger partial charge in [0, 0.05) is 25.2 Å². The van der Waals surface area contributed by atoms with E-state index in [1.54, 1.807) is 24.3 Å². The van der Waals surface area contributed by atoms with Crippen LogP contribution in [0.25, 0.3) is 10.2 Å². The number of carbonyl (C=O) groups is 1. The summed E-state index contributed by atoms with van der Waals surface area (Å²) in [5.41, 5.74) is 2.22. The van der Waals surface area contributed by atoms with E-state index in [9.17, 15) is 9.18 Å². The summed E-state index contributed by atoms with van der Waals surface area (Å²) >= 11 is 7.93. The van der Waals surface area contributed by atoms with Gasteiger partial charge in [-0.2, -0.15) is 0 Å². The molecule has 0 spiro atoms. The molecule has 2 aromatic carbocycles. The fourth-order valence-electron chi connectivity index (χ4n) is 4.02. The van der Waals surface area contributed by atoms with Crippen molar-refractivity contribution in [2.75, 3.05) is 18.4 Å². The number of rotatable bonds is 7. The molecule has 0 unspecified atom stereocenters. The minimum atomic E-state index is -0.409. The highest BCUT2D eigenvalue weighted by Gasteiger charge is 2.25. The number of hydrogen-bond acceptors (Lipinski definition) is 8. The average Bonchev–Trinajstić information content (AvgIpc) is 3.54. The molecule has 0 saturated carbocycles. The Morgan fingerprint density at radius 1 is 1.26 bits per heavy atom. The van der Waals surface area contributed by atoms with Gasteiger partial charge in [0.15, 0.2) is 5.82 Å². The monoisotopic (exact) mass is 565 g/mol. The van der Waals surface area contributed by atoms with Crippen LogP contribution in [0.1, 0.15) is 23.8 Å². The van der Waals surface area contributed by atoms with Gasteiger partial charge in [0.1, 0.15) is 30.6 Å². The second kappa shape index (κ2) is 12.3. The van der Waals surface area contributed by atoms with Crippen LogP contribution in [0.15, 0.2) is 54.9 Å². The number of thiophene rings is 1. The Bertz CT molecular complexity index is 1550. The van der Waals surface area contributed by atoms with Gasteiger partial charge in [0.25, 0.3) is 0 Å². The molecule has 11 heteroatoms. The fraction of sp³-hybridized carbons (Fsp3) is 0.250. The third-order valence-corrected chi connectivity index (χ3v) is 7.19. The van der Waals surface area contributed by atoms with Gasteiger partial charge in [-0.25, -0.2) is 19.2 Å². The van der Waals surface area contributed by atoms with Gasteiger partial charge in [0.2, 0.25) is 0 Å². The van der Waals surface area contributed by atoms with Gasteiger partial charge in [0.05, 0.1) is 26.2 Å². The maximum atomic E-state index is 13.4. The number of ether oxygens (including phenoxy) is 2. The predicted molar refractivity (Wildman–Crippen MR) is 150 cm³/mol. The van der Waals surface area contributed by atoms with Crippen LogP contribution < -0.4 is 20.7 Å². The van der Waals surface area contributed by atoms with Gasteiger partial charge in [-0.1, -0.05) is 35.6 Å². The lowest BCUT2D eigenvalue weighted by Gasteiger charge is -2.11. The summed E-state index contributed by atoms with van der Waals surface area (Å²) in [6.07, 6.45) is 1.51. The predicted octanol–water partition coefficient (Wildman–Crippen LogP) is 5.63. The highest BCUT2D eigenvalue weighted by Crippen LogP contribution is 2.33. The fourth-order valence-corrected chi connectivity index (χ4v) is 5.18. The first-order valence-corrected chi connectivity index (χ1v) is 13.5. The Hall–Kier alpha value is -3.91. The van der Waals surface area contributed by atoms with Gasteiger partial charge in [-0.15, -0.1) is 11.3 Å². The maximum absolute atomic E-state index is 13.4. The number of alkyl carbamates (subject to hydrolysis) is 1. The summed E-state index contributed by atoms with van der Waals surface area (Å²) in [5.74, 6) is 7.24. The number of nitrogens with zero attached hydrogens (tertiary/aromatic N) is 2. The summed E-state index contributed by atoms with van der Waals surface area (Å²) in [4.78, 5) is 21.3. The second-order valence-corrected chi connectivity index (χ2v) is 10.2. The van der Waals surface area contributed by atoms with Gasteiger partial charge in [-0.05, 0) is 48.9 Å². The standard InChI is InChI=1S/C28H25ClFN5O3S/c1-2-31-28(36)38-21-11-19(32-14-21)6-8-22-13-24-26(39-22)27(34-16-33-24)35-20-7-9-25(23(29)12-20)37-15-17-4-3-5-18(30)10-17/h3-5,7,9-10,12-13,16,19,21,32H,2,11,14-15H2,1H3,(H,31,36)(H,33,34,35)/t19-,21+/m1/s1. The molecule has 200 valence electrons. The van der Waals surface area contributed by atoms with E-state index >= 15 is 0 Å². The van der Waals surface area contributed by atoms with Gasteiger partial charge < -0.3 is 20.1 Å². The van der Waals surface area contributed by atoms with Crippen LogP contribution in [0, 0.1) is 17.7 Å². The van der Waals surface area contributed by atoms with Crippen molar-refractivity contribution in [3.8, 4) is 17.6 Å². The molecule has 5 rings (SSSR count). The van der Waals surface area contributed by atoms with Crippen LogP contribution in [-0.4, -0.2) is 41.3 Å². The zero-order chi connectivity index (χ0) is 27.2. The highest BCUT2D eigenvalue weighted by atomic mass is 35.5. The Morgan fingerprint density at radius 3 is 2.97 bits per heavy atom. The molecule has 1 saturated heterocycles. The van der Waals surface area contributed by atoms with Crippen molar-refractivity contribution >= 4 is 50.8 Å². The molecule has 0 bridgehead atoms. The van der Waals surface area contributed by atoms with Crippen molar-refractivity contribution in [1.82, 2.24) is 20.6 Å². The third-order valence-electron chi connectivity index (χ3n) is 5.84. The molecule has 4 aromatic rings. The van der Waals surface area contributed by atoms with Crippen molar-refractivity contribution < 1.29 is 18.7 Å². The molecule has 2 aromatic heterocycles. The molecule has 0 aliphatic carbocycles. The van der Waals surface area contributed by atoms with Crippen molar-refractivity contribution in [1.29, 1.82) is 0 Å². The van der Waals surface area contributed by atoms with E-state index in [-0.39, 0.29) is 24.6 Å². The second-order valence-electron chi connectivity index (χ2n) is 8.76. The van der Waals surface area contributed by atoms with Crippen molar-refractivity contribution in [3.63, 3.8) is 0 Å². The first-order valence-electron chi connectivity index (χ1n) is 12.3. The SMILES string of the molecule is CCNC(=O)O[C@@H]1CN[C@H](C#Cc2cc3ncnc(Nc4ccc(OCc5cccc(F)c5)c(Cl)c4)c3s2)C1. The quantitative estimate of drug-likeness (QED) is 0.250. The Labute approximate surface area is 233 Å². The van der Waals surface area contributed by atoms with E-state index in [1.165, 1.54) is 29.8 Å². The first kappa shape index (κ1) is 26.7. The number of fused-ring (bicyclic) bond motifs is 1. The average molecular weight is 566 g/mol. The number of halogens is 2. The molecular weight excluding hydrogens is 541 g/mol. The van der Waals surface area contributed by atoms with Gasteiger partial charge in [-0.3, -0.25) is 5.32 Å². The van der Waals surface area contributed by atoms with E-state index in [2.05, 4.69) is 37.8 Å². The van der Waals surface area contributed by atoms with Crippen LogP contribution in [0.5, 0.6) is 5.75 Å². The molecule has 3 heterocycles. The smallest absolute Gasteiger partial charge is 0.407 e. The highest BCUT2D eigenvalue weighted by molar-refractivity contribution is 7.20. The number of hydrogen-bond donors (Lipinski definition) is 3. The Balaban J connectivity index is 1.24. The van der Waals surface area contributed by atoms with Gasteiger partial charge >= 0.3 is 6.09 Å². The first-order chi connectivity index (χ1) is 19.0. The van der Waals surface area contributed by atoms with Crippen LogP contribution in [0.2, 0.25) is 5.02 Å². The van der Waals surface area contributed by atoms with Crippen molar-refractivity contribution in [2.24, 2.45) is 0 Å².